The summed E-state index contributed by atoms with van der Waals surface area (Å²) in [6.07, 6.45) is 2.98. The summed E-state index contributed by atoms with van der Waals surface area (Å²) in [7, 11) is 1.59. The van der Waals surface area contributed by atoms with Crippen molar-refractivity contribution >= 4 is 17.8 Å². The zero-order chi connectivity index (χ0) is 18.4. The van der Waals surface area contributed by atoms with Crippen LogP contribution in [0.15, 0.2) is 47.7 Å². The average Bonchev–Trinajstić information content (AvgIpc) is 2.66. The molecule has 3 N–H and O–H groups in total. The van der Waals surface area contributed by atoms with E-state index in [1.165, 1.54) is 12.4 Å². The fraction of sp³-hybridized carbons (Fsp3) is 0.0625. The first-order valence-electron chi connectivity index (χ1n) is 6.39. The van der Waals surface area contributed by atoms with Crippen molar-refractivity contribution in [2.75, 3.05) is 12.4 Å². The Morgan fingerprint density at radius 3 is 2.29 bits per heavy atom. The van der Waals surface area contributed by atoms with Gasteiger partial charge in [0.15, 0.2) is 0 Å². The molecule has 122 valence electrons. The van der Waals surface area contributed by atoms with Crippen molar-refractivity contribution in [1.29, 1.82) is 10.5 Å². The molecule has 2 aromatic rings. The summed E-state index contributed by atoms with van der Waals surface area (Å²) in [5.74, 6) is 5.48. The van der Waals surface area contributed by atoms with E-state index < -0.39 is 0 Å². The minimum atomic E-state index is -0.286. The smallest absolute Gasteiger partial charge is 0.274 e. The molecule has 0 aliphatic rings. The fourth-order valence-corrected chi connectivity index (χ4v) is 1.57. The van der Waals surface area contributed by atoms with E-state index in [1.807, 2.05) is 0 Å². The van der Waals surface area contributed by atoms with Crippen LogP contribution in [0.2, 0.25) is 0 Å². The van der Waals surface area contributed by atoms with Gasteiger partial charge in [-0.2, -0.15) is 5.10 Å². The number of amides is 1. The topological polar surface area (TPSA) is 137 Å². The number of ether oxygens (including phenoxy) is 1. The summed E-state index contributed by atoms with van der Waals surface area (Å²) in [4.78, 5) is 16.0. The second-order valence-corrected chi connectivity index (χ2v) is 3.94. The first kappa shape index (κ1) is 20.1. The molecular weight excluding hydrogens is 308 g/mol. The van der Waals surface area contributed by atoms with Gasteiger partial charge < -0.3 is 15.9 Å². The summed E-state index contributed by atoms with van der Waals surface area (Å²) >= 11 is 0. The van der Waals surface area contributed by atoms with Gasteiger partial charge in [-0.15, -0.1) is 0 Å². The van der Waals surface area contributed by atoms with Crippen LogP contribution >= 0.6 is 0 Å². The Hall–Kier alpha value is -3.91. The lowest BCUT2D eigenvalue weighted by Gasteiger charge is -2.06. The van der Waals surface area contributed by atoms with Crippen molar-refractivity contribution in [1.82, 2.24) is 4.98 Å². The lowest BCUT2D eigenvalue weighted by molar-refractivity contribution is 0.102. The normalized spacial score (nSPS) is 8.88. The van der Waals surface area contributed by atoms with Gasteiger partial charge >= 0.3 is 0 Å². The molecule has 0 atom stereocenters. The Balaban J connectivity index is 0.00000123. The second-order valence-electron chi connectivity index (χ2n) is 3.94. The zero-order valence-corrected chi connectivity index (χ0v) is 13.0. The predicted octanol–water partition coefficient (Wildman–Crippen LogP) is 1.91. The number of nitrogens with two attached hydrogens (primary N) is 1. The van der Waals surface area contributed by atoms with Crippen molar-refractivity contribution < 1.29 is 9.53 Å². The Kier molecular flexibility index (Phi) is 9.81. The van der Waals surface area contributed by atoms with Crippen molar-refractivity contribution in [3.05, 3.63) is 53.9 Å². The van der Waals surface area contributed by atoms with Gasteiger partial charge in [0.1, 0.15) is 11.4 Å². The third-order valence-electron chi connectivity index (χ3n) is 2.59. The van der Waals surface area contributed by atoms with Gasteiger partial charge in [-0.1, -0.05) is 0 Å². The Morgan fingerprint density at radius 2 is 1.83 bits per heavy atom. The third-order valence-corrected chi connectivity index (χ3v) is 2.59. The maximum atomic E-state index is 12.0. The minimum absolute atomic E-state index is 0.286. The molecule has 0 spiro atoms. The van der Waals surface area contributed by atoms with Crippen molar-refractivity contribution in [2.45, 2.75) is 0 Å². The van der Waals surface area contributed by atoms with Crippen LogP contribution in [0.5, 0.6) is 5.75 Å². The molecule has 1 heterocycles. The first-order valence-corrected chi connectivity index (χ1v) is 6.39. The van der Waals surface area contributed by atoms with Crippen LogP contribution in [0.3, 0.4) is 0 Å². The van der Waals surface area contributed by atoms with Crippen LogP contribution in [0.4, 0.5) is 5.69 Å². The third kappa shape index (κ3) is 6.24. The number of hydrazone groups is 1. The number of nitrogens with zero attached hydrogens (tertiary/aromatic N) is 4. The van der Waals surface area contributed by atoms with E-state index >= 15 is 0 Å². The van der Waals surface area contributed by atoms with Gasteiger partial charge in [0.25, 0.3) is 5.91 Å². The molecule has 1 aromatic heterocycles. The highest BCUT2D eigenvalue weighted by molar-refractivity contribution is 6.03. The van der Waals surface area contributed by atoms with Gasteiger partial charge in [-0.05, 0) is 36.4 Å². The zero-order valence-electron chi connectivity index (χ0n) is 13.0. The number of aromatic nitrogens is 1. The van der Waals surface area contributed by atoms with Gasteiger partial charge in [-0.3, -0.25) is 9.78 Å². The van der Waals surface area contributed by atoms with Crippen LogP contribution in [-0.4, -0.2) is 24.2 Å². The van der Waals surface area contributed by atoms with Crippen molar-refractivity contribution in [3.8, 4) is 18.9 Å². The number of rotatable bonds is 4. The number of anilines is 1. The van der Waals surface area contributed by atoms with E-state index in [0.717, 1.165) is 11.3 Å². The molecule has 0 aliphatic carbocycles. The van der Waals surface area contributed by atoms with Crippen LogP contribution in [0, 0.1) is 23.7 Å². The fourth-order valence-electron chi connectivity index (χ4n) is 1.57. The summed E-state index contributed by atoms with van der Waals surface area (Å²) in [5.41, 5.74) is 1.72. The van der Waals surface area contributed by atoms with Crippen molar-refractivity contribution in [3.63, 3.8) is 0 Å². The molecule has 2 rings (SSSR count). The van der Waals surface area contributed by atoms with Crippen molar-refractivity contribution in [2.24, 2.45) is 10.9 Å². The van der Waals surface area contributed by atoms with Gasteiger partial charge in [-0.25, -0.2) is 10.5 Å². The molecular formula is C16H16N6O2. The van der Waals surface area contributed by atoms with Gasteiger partial charge in [0.05, 0.1) is 13.3 Å². The molecule has 0 unspecified atom stereocenters. The molecule has 1 amide bonds. The highest BCUT2D eigenvalue weighted by Crippen LogP contribution is 2.15. The van der Waals surface area contributed by atoms with Gasteiger partial charge in [0, 0.05) is 30.6 Å². The Labute approximate surface area is 139 Å². The van der Waals surface area contributed by atoms with Crippen LogP contribution < -0.4 is 15.9 Å². The molecule has 8 nitrogen and oxygen atoms in total. The maximum absolute atomic E-state index is 12.0. The van der Waals surface area contributed by atoms with E-state index in [1.54, 1.807) is 43.5 Å². The Bertz CT molecular complexity index is 684. The number of methoxy groups -OCH3 is 1. The minimum Gasteiger partial charge on any atom is -0.497 e. The summed E-state index contributed by atoms with van der Waals surface area (Å²) in [6.45, 7) is 7.00. The van der Waals surface area contributed by atoms with E-state index in [-0.39, 0.29) is 5.91 Å². The summed E-state index contributed by atoms with van der Waals surface area (Å²) in [5, 5.41) is 19.1. The molecule has 0 radical (unpaired) electrons. The number of pyridine rings is 1. The quantitative estimate of drug-likeness (QED) is 0.500. The second kappa shape index (κ2) is 11.7. The summed E-state index contributed by atoms with van der Waals surface area (Å²) < 4.78 is 5.05. The number of hydrogen-bond donors (Lipinski definition) is 2. The number of nitriles is 2. The largest absolute Gasteiger partial charge is 0.497 e. The molecule has 0 saturated carbocycles. The maximum Gasteiger partial charge on any atom is 0.274 e. The average molecular weight is 324 g/mol. The molecule has 0 aliphatic heterocycles. The lowest BCUT2D eigenvalue weighted by Crippen LogP contribution is -2.13. The lowest BCUT2D eigenvalue weighted by atomic mass is 10.2. The van der Waals surface area contributed by atoms with E-state index in [0.29, 0.717) is 11.4 Å². The number of nitrogens with one attached hydrogen (secondary N) is 1. The van der Waals surface area contributed by atoms with E-state index in [2.05, 4.69) is 28.5 Å². The number of carbonyl (C=O) groups is 1. The molecule has 0 saturated heterocycles. The molecule has 24 heavy (non-hydrogen) atoms. The standard InChI is InChI=1S/C14H14N4O2.2CHN/c1-20-12-5-3-11(4-6-12)18-14(19)13-7-2-10(8-16-13)9-17-15;2*1-2/h2-9H,15H2,1H3,(H,18,19);2*1H. The number of carbonyl (C=O) groups excluding carboxylic acids is 1. The van der Waals surface area contributed by atoms with Crippen LogP contribution in [-0.2, 0) is 0 Å². The Morgan fingerprint density at radius 1 is 1.21 bits per heavy atom. The highest BCUT2D eigenvalue weighted by Gasteiger charge is 2.07. The van der Waals surface area contributed by atoms with E-state index in [9.17, 15) is 4.79 Å². The highest BCUT2D eigenvalue weighted by atomic mass is 16.5. The first-order chi connectivity index (χ1) is 11.7. The molecule has 1 aromatic carbocycles. The number of hydrogen-bond acceptors (Lipinski definition) is 7. The van der Waals surface area contributed by atoms with Crippen LogP contribution in [0.1, 0.15) is 16.1 Å². The van der Waals surface area contributed by atoms with Crippen LogP contribution in [0.25, 0.3) is 0 Å². The predicted molar refractivity (Wildman–Crippen MR) is 90.3 cm³/mol. The summed E-state index contributed by atoms with van der Waals surface area (Å²) in [6, 6.07) is 10.4. The SMILES string of the molecule is C#N.C#N.COc1ccc(NC(=O)c2ccc(C=NN)cn2)cc1. The number of benzene rings is 1. The molecule has 8 heteroatoms. The molecule has 0 fully saturated rings. The van der Waals surface area contributed by atoms with E-state index in [4.69, 9.17) is 21.1 Å². The monoisotopic (exact) mass is 324 g/mol. The van der Waals surface area contributed by atoms with Gasteiger partial charge in [0.2, 0.25) is 0 Å². The molecule has 0 bridgehead atoms.